The van der Waals surface area contributed by atoms with Crippen molar-refractivity contribution >= 4 is 39.1 Å². The van der Waals surface area contributed by atoms with Crippen LogP contribution in [0.2, 0.25) is 0 Å². The summed E-state index contributed by atoms with van der Waals surface area (Å²) in [7, 11) is 0. The summed E-state index contributed by atoms with van der Waals surface area (Å²) in [5.74, 6) is -0.899. The second-order valence-electron chi connectivity index (χ2n) is 4.89. The second kappa shape index (κ2) is 7.56. The second-order valence-corrected chi connectivity index (χ2v) is 5.75. The molecule has 2 N–H and O–H groups in total. The molecule has 0 aromatic heterocycles. The molecule has 0 heterocycles. The summed E-state index contributed by atoms with van der Waals surface area (Å²) in [5, 5.41) is 14.2. The number of nitrogens with one attached hydrogen (secondary N) is 2. The number of anilines is 2. The number of halogens is 1. The summed E-state index contributed by atoms with van der Waals surface area (Å²) in [6, 6.07) is 14.0. The molecule has 2 aromatic rings. The molecule has 0 saturated heterocycles. The molecule has 5 nitrogen and oxygen atoms in total. The molecular formula is C17H14BrN3O2. The van der Waals surface area contributed by atoms with Gasteiger partial charge in [0.15, 0.2) is 0 Å². The first kappa shape index (κ1) is 16.7. The number of hydrogen-bond donors (Lipinski definition) is 2. The number of amides is 2. The average Bonchev–Trinajstić information content (AvgIpc) is 2.51. The van der Waals surface area contributed by atoms with E-state index in [1.165, 1.54) is 0 Å². The molecule has 0 saturated carbocycles. The summed E-state index contributed by atoms with van der Waals surface area (Å²) >= 11 is 3.39. The molecule has 0 atom stereocenters. The van der Waals surface area contributed by atoms with Gasteiger partial charge in [-0.05, 0) is 36.8 Å². The van der Waals surface area contributed by atoms with Crippen LogP contribution in [0.4, 0.5) is 11.4 Å². The molecule has 2 aromatic carbocycles. The number of nitriles is 1. The molecule has 0 aliphatic heterocycles. The van der Waals surface area contributed by atoms with E-state index >= 15 is 0 Å². The first-order valence-electron chi connectivity index (χ1n) is 6.84. The highest BCUT2D eigenvalue weighted by atomic mass is 79.9. The minimum atomic E-state index is -0.476. The number of nitrogens with zero attached hydrogens (tertiary/aromatic N) is 1. The molecule has 2 amide bonds. The zero-order chi connectivity index (χ0) is 16.8. The van der Waals surface area contributed by atoms with Gasteiger partial charge in [0.25, 0.3) is 0 Å². The topological polar surface area (TPSA) is 82.0 Å². The third-order valence-corrected chi connectivity index (χ3v) is 3.95. The lowest BCUT2D eigenvalue weighted by Crippen LogP contribution is -2.21. The van der Waals surface area contributed by atoms with Gasteiger partial charge < -0.3 is 10.6 Å². The SMILES string of the molecule is Cc1ccc(NC(=O)CC(=O)Nc2ccccc2C#N)cc1Br. The Bertz CT molecular complexity index is 797. The highest BCUT2D eigenvalue weighted by Gasteiger charge is 2.12. The van der Waals surface area contributed by atoms with Gasteiger partial charge in [0.05, 0.1) is 11.3 Å². The minimum Gasteiger partial charge on any atom is -0.326 e. The van der Waals surface area contributed by atoms with E-state index in [4.69, 9.17) is 5.26 Å². The van der Waals surface area contributed by atoms with Crippen LogP contribution in [-0.2, 0) is 9.59 Å². The van der Waals surface area contributed by atoms with Crippen LogP contribution in [0.25, 0.3) is 0 Å². The fourth-order valence-corrected chi connectivity index (χ4v) is 2.28. The lowest BCUT2D eigenvalue weighted by atomic mass is 10.2. The third kappa shape index (κ3) is 4.66. The number of rotatable bonds is 4. The van der Waals surface area contributed by atoms with Crippen LogP contribution in [0.3, 0.4) is 0 Å². The predicted molar refractivity (Wildman–Crippen MR) is 91.9 cm³/mol. The van der Waals surface area contributed by atoms with E-state index in [-0.39, 0.29) is 6.42 Å². The van der Waals surface area contributed by atoms with E-state index in [9.17, 15) is 9.59 Å². The molecule has 0 radical (unpaired) electrons. The number of carbonyl (C=O) groups is 2. The van der Waals surface area contributed by atoms with Gasteiger partial charge in [-0.2, -0.15) is 5.26 Å². The summed E-state index contributed by atoms with van der Waals surface area (Å²) in [5.41, 5.74) is 2.40. The van der Waals surface area contributed by atoms with E-state index in [1.807, 2.05) is 19.1 Å². The van der Waals surface area contributed by atoms with Crippen LogP contribution in [-0.4, -0.2) is 11.8 Å². The number of para-hydroxylation sites is 1. The van der Waals surface area contributed by atoms with Crippen molar-refractivity contribution in [2.75, 3.05) is 10.6 Å². The lowest BCUT2D eigenvalue weighted by molar-refractivity contribution is -0.123. The van der Waals surface area contributed by atoms with Gasteiger partial charge in [-0.1, -0.05) is 34.1 Å². The largest absolute Gasteiger partial charge is 0.326 e. The van der Waals surface area contributed by atoms with Gasteiger partial charge in [0.1, 0.15) is 12.5 Å². The molecule has 0 spiro atoms. The van der Waals surface area contributed by atoms with Gasteiger partial charge in [-0.15, -0.1) is 0 Å². The normalized spacial score (nSPS) is 9.78. The first-order valence-corrected chi connectivity index (χ1v) is 7.64. The Hall–Kier alpha value is -2.65. The number of hydrogen-bond acceptors (Lipinski definition) is 3. The van der Waals surface area contributed by atoms with Crippen LogP contribution in [0.15, 0.2) is 46.9 Å². The number of carbonyl (C=O) groups excluding carboxylic acids is 2. The highest BCUT2D eigenvalue weighted by Crippen LogP contribution is 2.20. The smallest absolute Gasteiger partial charge is 0.233 e. The van der Waals surface area contributed by atoms with Crippen LogP contribution in [0.1, 0.15) is 17.5 Å². The molecule has 116 valence electrons. The molecule has 0 aliphatic rings. The molecule has 2 rings (SSSR count). The third-order valence-electron chi connectivity index (χ3n) is 3.10. The molecule has 0 aliphatic carbocycles. The van der Waals surface area contributed by atoms with Gasteiger partial charge >= 0.3 is 0 Å². The molecule has 23 heavy (non-hydrogen) atoms. The van der Waals surface area contributed by atoms with E-state index in [1.54, 1.807) is 36.4 Å². The summed E-state index contributed by atoms with van der Waals surface area (Å²) in [6.45, 7) is 1.94. The molecule has 0 unspecified atom stereocenters. The van der Waals surface area contributed by atoms with Gasteiger partial charge in [-0.25, -0.2) is 0 Å². The Morgan fingerprint density at radius 2 is 1.83 bits per heavy atom. The maximum absolute atomic E-state index is 11.9. The lowest BCUT2D eigenvalue weighted by Gasteiger charge is -2.08. The van der Waals surface area contributed by atoms with Crippen LogP contribution in [0.5, 0.6) is 0 Å². The zero-order valence-corrected chi connectivity index (χ0v) is 14.0. The standard InChI is InChI=1S/C17H14BrN3O2/c1-11-6-7-13(8-14(11)18)20-16(22)9-17(23)21-15-5-3-2-4-12(15)10-19/h2-8H,9H2,1H3,(H,20,22)(H,21,23). The number of aryl methyl sites for hydroxylation is 1. The summed E-state index contributed by atoms with van der Waals surface area (Å²) < 4.78 is 0.877. The maximum Gasteiger partial charge on any atom is 0.233 e. The fraction of sp³-hybridized carbons (Fsp3) is 0.118. The highest BCUT2D eigenvalue weighted by molar-refractivity contribution is 9.10. The summed E-state index contributed by atoms with van der Waals surface area (Å²) in [4.78, 5) is 23.8. The Labute approximate surface area is 142 Å². The van der Waals surface area contributed by atoms with Crippen molar-refractivity contribution in [2.45, 2.75) is 13.3 Å². The van der Waals surface area contributed by atoms with Crippen LogP contribution in [0, 0.1) is 18.3 Å². The Morgan fingerprint density at radius 1 is 1.13 bits per heavy atom. The molecular weight excluding hydrogens is 358 g/mol. The summed E-state index contributed by atoms with van der Waals surface area (Å²) in [6.07, 6.45) is -0.328. The molecule has 6 heteroatoms. The van der Waals surface area contributed by atoms with Crippen molar-refractivity contribution < 1.29 is 9.59 Å². The zero-order valence-electron chi connectivity index (χ0n) is 12.4. The van der Waals surface area contributed by atoms with Crippen molar-refractivity contribution in [3.05, 3.63) is 58.1 Å². The fourth-order valence-electron chi connectivity index (χ4n) is 1.91. The molecule has 0 fully saturated rings. The van der Waals surface area contributed by atoms with Crippen molar-refractivity contribution in [1.82, 2.24) is 0 Å². The van der Waals surface area contributed by atoms with Crippen molar-refractivity contribution in [3.8, 4) is 6.07 Å². The van der Waals surface area contributed by atoms with E-state index < -0.39 is 11.8 Å². The van der Waals surface area contributed by atoms with Crippen molar-refractivity contribution in [3.63, 3.8) is 0 Å². The van der Waals surface area contributed by atoms with Crippen molar-refractivity contribution in [2.24, 2.45) is 0 Å². The Kier molecular flexibility index (Phi) is 5.50. The quantitative estimate of drug-likeness (QED) is 0.805. The monoisotopic (exact) mass is 371 g/mol. The minimum absolute atomic E-state index is 0.328. The van der Waals surface area contributed by atoms with Gasteiger partial charge in [0, 0.05) is 10.2 Å². The van der Waals surface area contributed by atoms with Crippen molar-refractivity contribution in [1.29, 1.82) is 5.26 Å². The van der Waals surface area contributed by atoms with Gasteiger partial charge in [-0.3, -0.25) is 9.59 Å². The van der Waals surface area contributed by atoms with Crippen LogP contribution >= 0.6 is 15.9 Å². The average molecular weight is 372 g/mol. The first-order chi connectivity index (χ1) is 11.0. The van der Waals surface area contributed by atoms with Gasteiger partial charge in [0.2, 0.25) is 11.8 Å². The van der Waals surface area contributed by atoms with E-state index in [2.05, 4.69) is 26.6 Å². The Morgan fingerprint density at radius 3 is 2.52 bits per heavy atom. The predicted octanol–water partition coefficient (Wildman–Crippen LogP) is 3.60. The van der Waals surface area contributed by atoms with Crippen LogP contribution < -0.4 is 10.6 Å². The maximum atomic E-state index is 11.9. The number of benzene rings is 2. The molecule has 0 bridgehead atoms. The van der Waals surface area contributed by atoms with E-state index in [0.29, 0.717) is 16.9 Å². The Balaban J connectivity index is 1.96. The van der Waals surface area contributed by atoms with E-state index in [0.717, 1.165) is 10.0 Å².